The minimum absolute atomic E-state index is 0.138. The lowest BCUT2D eigenvalue weighted by Gasteiger charge is -2.32. The van der Waals surface area contributed by atoms with Crippen LogP contribution in [0.25, 0.3) is 0 Å². The molecule has 0 aromatic heterocycles. The largest absolute Gasteiger partial charge is 0.496 e. The number of hydrogen-bond acceptors (Lipinski definition) is 3. The molecule has 1 aromatic rings. The van der Waals surface area contributed by atoms with E-state index in [9.17, 15) is 0 Å². The number of rotatable bonds is 5. The van der Waals surface area contributed by atoms with Crippen molar-refractivity contribution in [2.24, 2.45) is 0 Å². The van der Waals surface area contributed by atoms with Crippen molar-refractivity contribution in [3.8, 4) is 5.75 Å². The van der Waals surface area contributed by atoms with Gasteiger partial charge >= 0.3 is 0 Å². The Kier molecular flexibility index (Phi) is 5.49. The van der Waals surface area contributed by atoms with Gasteiger partial charge in [-0.15, -0.1) is 0 Å². The molecule has 106 valence electrons. The van der Waals surface area contributed by atoms with Crippen molar-refractivity contribution < 1.29 is 9.47 Å². The van der Waals surface area contributed by atoms with Crippen molar-refractivity contribution in [2.75, 3.05) is 20.3 Å². The molecule has 1 heterocycles. The molecule has 3 nitrogen and oxygen atoms in total. The molecule has 0 saturated carbocycles. The van der Waals surface area contributed by atoms with E-state index in [1.54, 1.807) is 7.11 Å². The topological polar surface area (TPSA) is 30.5 Å². The Morgan fingerprint density at radius 1 is 1.47 bits per heavy atom. The van der Waals surface area contributed by atoms with Gasteiger partial charge in [0.25, 0.3) is 0 Å². The smallest absolute Gasteiger partial charge is 0.123 e. The van der Waals surface area contributed by atoms with Gasteiger partial charge in [-0.3, -0.25) is 0 Å². The molecule has 0 spiro atoms. The minimum Gasteiger partial charge on any atom is -0.496 e. The maximum absolute atomic E-state index is 6.13. The summed E-state index contributed by atoms with van der Waals surface area (Å²) in [4.78, 5) is 0. The Balaban J connectivity index is 2.28. The van der Waals surface area contributed by atoms with Crippen LogP contribution in [-0.2, 0) is 4.74 Å². The van der Waals surface area contributed by atoms with Crippen molar-refractivity contribution in [2.45, 2.75) is 38.3 Å². The maximum atomic E-state index is 6.13. The molecule has 0 amide bonds. The molecule has 0 aliphatic carbocycles. The predicted octanol–water partition coefficient (Wildman–Crippen LogP) is 3.57. The van der Waals surface area contributed by atoms with Crippen LogP contribution in [0.5, 0.6) is 5.75 Å². The summed E-state index contributed by atoms with van der Waals surface area (Å²) in [6.45, 7) is 3.84. The summed E-state index contributed by atoms with van der Waals surface area (Å²) in [5, 5.41) is 4.24. The van der Waals surface area contributed by atoms with Gasteiger partial charge in [0.1, 0.15) is 5.75 Å². The molecule has 1 aliphatic heterocycles. The van der Waals surface area contributed by atoms with Gasteiger partial charge in [-0.25, -0.2) is 0 Å². The summed E-state index contributed by atoms with van der Waals surface area (Å²) < 4.78 is 11.4. The molecule has 4 heteroatoms. The van der Waals surface area contributed by atoms with Crippen molar-refractivity contribution in [1.82, 2.24) is 5.32 Å². The van der Waals surface area contributed by atoms with Gasteiger partial charge in [0.2, 0.25) is 0 Å². The molecule has 1 aliphatic rings. The summed E-state index contributed by atoms with van der Waals surface area (Å²) >= 11 is 6.13. The van der Waals surface area contributed by atoms with Crippen LogP contribution < -0.4 is 10.1 Å². The van der Waals surface area contributed by atoms with Crippen LogP contribution in [-0.4, -0.2) is 26.4 Å². The Bertz CT molecular complexity index is 405. The van der Waals surface area contributed by atoms with Crippen LogP contribution in [0.4, 0.5) is 0 Å². The van der Waals surface area contributed by atoms with Gasteiger partial charge in [-0.1, -0.05) is 18.5 Å². The molecule has 19 heavy (non-hydrogen) atoms. The summed E-state index contributed by atoms with van der Waals surface area (Å²) in [6, 6.07) is 5.89. The molecule has 1 N–H and O–H groups in total. The van der Waals surface area contributed by atoms with E-state index in [2.05, 4.69) is 12.2 Å². The molecule has 1 saturated heterocycles. The molecule has 2 rings (SSSR count). The van der Waals surface area contributed by atoms with E-state index in [4.69, 9.17) is 21.1 Å². The molecule has 0 radical (unpaired) electrons. The Morgan fingerprint density at radius 3 is 2.95 bits per heavy atom. The van der Waals surface area contributed by atoms with Crippen LogP contribution in [0, 0.1) is 0 Å². The lowest BCUT2D eigenvalue weighted by atomic mass is 9.95. The molecule has 0 bridgehead atoms. The minimum atomic E-state index is 0.138. The van der Waals surface area contributed by atoms with E-state index in [-0.39, 0.29) is 12.1 Å². The Hall–Kier alpha value is -0.770. The lowest BCUT2D eigenvalue weighted by molar-refractivity contribution is -0.00829. The average molecular weight is 284 g/mol. The summed E-state index contributed by atoms with van der Waals surface area (Å²) in [6.07, 6.45) is 3.64. The zero-order chi connectivity index (χ0) is 13.7. The maximum Gasteiger partial charge on any atom is 0.123 e. The number of methoxy groups -OCH3 is 1. The highest BCUT2D eigenvalue weighted by Gasteiger charge is 2.27. The van der Waals surface area contributed by atoms with Crippen LogP contribution in [0.1, 0.15) is 37.8 Å². The highest BCUT2D eigenvalue weighted by Crippen LogP contribution is 2.34. The third-order valence-corrected chi connectivity index (χ3v) is 3.77. The number of ether oxygens (including phenoxy) is 2. The zero-order valence-electron chi connectivity index (χ0n) is 11.6. The lowest BCUT2D eigenvalue weighted by Crippen LogP contribution is -2.36. The molecular weight excluding hydrogens is 262 g/mol. The highest BCUT2D eigenvalue weighted by molar-refractivity contribution is 6.30. The van der Waals surface area contributed by atoms with Gasteiger partial charge in [0, 0.05) is 17.2 Å². The van der Waals surface area contributed by atoms with Gasteiger partial charge in [0.05, 0.1) is 19.3 Å². The summed E-state index contributed by atoms with van der Waals surface area (Å²) in [5.74, 6) is 0.865. The average Bonchev–Trinajstić information content (AvgIpc) is 2.45. The van der Waals surface area contributed by atoms with E-state index in [0.29, 0.717) is 0 Å². The summed E-state index contributed by atoms with van der Waals surface area (Å²) in [7, 11) is 1.69. The van der Waals surface area contributed by atoms with E-state index in [1.807, 2.05) is 18.2 Å². The van der Waals surface area contributed by atoms with Crippen LogP contribution >= 0.6 is 11.6 Å². The predicted molar refractivity (Wildman–Crippen MR) is 78.0 cm³/mol. The van der Waals surface area contributed by atoms with E-state index in [1.165, 1.54) is 6.42 Å². The molecule has 2 atom stereocenters. The molecule has 1 fully saturated rings. The fraction of sp³-hybridized carbons (Fsp3) is 0.600. The monoisotopic (exact) mass is 283 g/mol. The standard InChI is InChI=1S/C15H22ClNO2/c1-3-17-15(14-6-4-5-9-19-14)12-10-11(16)7-8-13(12)18-2/h7-8,10,14-15,17H,3-6,9H2,1-2H3. The van der Waals surface area contributed by atoms with E-state index >= 15 is 0 Å². The van der Waals surface area contributed by atoms with Gasteiger partial charge in [-0.05, 0) is 44.0 Å². The molecular formula is C15H22ClNO2. The normalized spacial score (nSPS) is 21.1. The fourth-order valence-electron chi connectivity index (χ4n) is 2.64. The fourth-order valence-corrected chi connectivity index (χ4v) is 2.82. The van der Waals surface area contributed by atoms with Crippen LogP contribution in [0.15, 0.2) is 18.2 Å². The Morgan fingerprint density at radius 2 is 2.32 bits per heavy atom. The van der Waals surface area contributed by atoms with E-state index in [0.717, 1.165) is 42.3 Å². The number of halogens is 1. The van der Waals surface area contributed by atoms with Crippen molar-refractivity contribution in [3.05, 3.63) is 28.8 Å². The van der Waals surface area contributed by atoms with Gasteiger partial charge in [-0.2, -0.15) is 0 Å². The van der Waals surface area contributed by atoms with Crippen molar-refractivity contribution >= 4 is 11.6 Å². The second kappa shape index (κ2) is 7.13. The van der Waals surface area contributed by atoms with E-state index < -0.39 is 0 Å². The number of nitrogens with one attached hydrogen (secondary N) is 1. The number of likely N-dealkylation sites (N-methyl/N-ethyl adjacent to an activating group) is 1. The summed E-state index contributed by atoms with van der Waals surface area (Å²) in [5.41, 5.74) is 1.09. The first-order valence-corrected chi connectivity index (χ1v) is 7.32. The molecule has 1 aromatic carbocycles. The van der Waals surface area contributed by atoms with Gasteiger partial charge in [0.15, 0.2) is 0 Å². The third kappa shape index (κ3) is 3.62. The first kappa shape index (κ1) is 14.6. The first-order valence-electron chi connectivity index (χ1n) is 6.94. The van der Waals surface area contributed by atoms with Crippen molar-refractivity contribution in [1.29, 1.82) is 0 Å². The number of hydrogen-bond donors (Lipinski definition) is 1. The first-order chi connectivity index (χ1) is 9.26. The number of benzene rings is 1. The SMILES string of the molecule is CCNC(c1cc(Cl)ccc1OC)C1CCCCO1. The zero-order valence-corrected chi connectivity index (χ0v) is 12.4. The highest BCUT2D eigenvalue weighted by atomic mass is 35.5. The quantitative estimate of drug-likeness (QED) is 0.896. The Labute approximate surface area is 120 Å². The van der Waals surface area contributed by atoms with Crippen molar-refractivity contribution in [3.63, 3.8) is 0 Å². The van der Waals surface area contributed by atoms with Crippen LogP contribution in [0.3, 0.4) is 0 Å². The van der Waals surface area contributed by atoms with Crippen LogP contribution in [0.2, 0.25) is 5.02 Å². The third-order valence-electron chi connectivity index (χ3n) is 3.54. The van der Waals surface area contributed by atoms with Gasteiger partial charge < -0.3 is 14.8 Å². The molecule has 2 unspecified atom stereocenters. The second-order valence-electron chi connectivity index (χ2n) is 4.83. The second-order valence-corrected chi connectivity index (χ2v) is 5.26.